The molecule has 1 aliphatic rings. The molecule has 1 fully saturated rings. The largest absolute Gasteiger partial charge is 0.349 e. The molecule has 0 aliphatic heterocycles. The Kier molecular flexibility index (Phi) is 4.86. The molecule has 1 amide bonds. The molecular formula is C19H21ClN2O3S. The van der Waals surface area contributed by atoms with E-state index in [9.17, 15) is 13.2 Å². The predicted octanol–water partition coefficient (Wildman–Crippen LogP) is 3.20. The van der Waals surface area contributed by atoms with Crippen LogP contribution in [0.2, 0.25) is 5.02 Å². The minimum atomic E-state index is -3.78. The number of aryl methyl sites for hydroxylation is 1. The fourth-order valence-corrected chi connectivity index (χ4v) is 4.08. The Morgan fingerprint density at radius 1 is 1.23 bits per heavy atom. The lowest BCUT2D eigenvalue weighted by molar-refractivity contribution is -0.124. The van der Waals surface area contributed by atoms with Crippen LogP contribution < -0.4 is 10.5 Å². The standard InChI is InChI=1S/C19H21ClN2O3S/c1-12-10-15(20)6-7-17(12)19(8-9-19)18(23)22-13(2)14-4-3-5-16(11-14)26(21,24)25/h3-7,10-11,13H,8-9H2,1-2H3,(H,22,23)(H2,21,24,25). The summed E-state index contributed by atoms with van der Waals surface area (Å²) < 4.78 is 23.1. The van der Waals surface area contributed by atoms with E-state index in [0.717, 1.165) is 24.0 Å². The first-order chi connectivity index (χ1) is 12.1. The number of rotatable bonds is 5. The molecule has 2 aromatic rings. The van der Waals surface area contributed by atoms with Crippen LogP contribution in [-0.2, 0) is 20.2 Å². The molecule has 138 valence electrons. The van der Waals surface area contributed by atoms with Crippen molar-refractivity contribution in [3.63, 3.8) is 0 Å². The summed E-state index contributed by atoms with van der Waals surface area (Å²) in [6.07, 6.45) is 1.57. The van der Waals surface area contributed by atoms with Gasteiger partial charge in [-0.25, -0.2) is 13.6 Å². The maximum Gasteiger partial charge on any atom is 0.238 e. The lowest BCUT2D eigenvalue weighted by atomic mass is 9.90. The van der Waals surface area contributed by atoms with Crippen molar-refractivity contribution < 1.29 is 13.2 Å². The molecule has 7 heteroatoms. The summed E-state index contributed by atoms with van der Waals surface area (Å²) in [5, 5.41) is 8.84. The fraction of sp³-hybridized carbons (Fsp3) is 0.316. The highest BCUT2D eigenvalue weighted by Gasteiger charge is 2.52. The maximum absolute atomic E-state index is 12.9. The Morgan fingerprint density at radius 2 is 1.92 bits per heavy atom. The van der Waals surface area contributed by atoms with E-state index in [1.165, 1.54) is 12.1 Å². The second kappa shape index (κ2) is 6.68. The van der Waals surface area contributed by atoms with Gasteiger partial charge in [0.05, 0.1) is 16.4 Å². The SMILES string of the molecule is Cc1cc(Cl)ccc1C1(C(=O)NC(C)c2cccc(S(N)(=O)=O)c2)CC1. The van der Waals surface area contributed by atoms with Gasteiger partial charge in [0.1, 0.15) is 0 Å². The minimum Gasteiger partial charge on any atom is -0.349 e. The van der Waals surface area contributed by atoms with Crippen LogP contribution in [0.25, 0.3) is 0 Å². The number of nitrogens with two attached hydrogens (primary N) is 1. The van der Waals surface area contributed by atoms with E-state index in [0.29, 0.717) is 10.6 Å². The van der Waals surface area contributed by atoms with Crippen LogP contribution in [0.4, 0.5) is 0 Å². The zero-order valence-electron chi connectivity index (χ0n) is 14.6. The highest BCUT2D eigenvalue weighted by Crippen LogP contribution is 2.50. The molecule has 3 rings (SSSR count). The van der Waals surface area contributed by atoms with Crippen LogP contribution >= 0.6 is 11.6 Å². The van der Waals surface area contributed by atoms with E-state index in [-0.39, 0.29) is 16.8 Å². The Bertz CT molecular complexity index is 968. The summed E-state index contributed by atoms with van der Waals surface area (Å²) in [4.78, 5) is 13.0. The highest BCUT2D eigenvalue weighted by atomic mass is 35.5. The number of halogens is 1. The van der Waals surface area contributed by atoms with Gasteiger partial charge in [-0.05, 0) is 67.6 Å². The molecule has 0 aromatic heterocycles. The first-order valence-corrected chi connectivity index (χ1v) is 10.3. The summed E-state index contributed by atoms with van der Waals surface area (Å²) in [5.41, 5.74) is 2.15. The third-order valence-electron chi connectivity index (χ3n) is 4.92. The van der Waals surface area contributed by atoms with Crippen LogP contribution in [0, 0.1) is 6.92 Å². The van der Waals surface area contributed by atoms with Crippen molar-refractivity contribution in [3.8, 4) is 0 Å². The van der Waals surface area contributed by atoms with Crippen molar-refractivity contribution in [3.05, 3.63) is 64.2 Å². The predicted molar refractivity (Wildman–Crippen MR) is 101 cm³/mol. The van der Waals surface area contributed by atoms with Crippen LogP contribution in [-0.4, -0.2) is 14.3 Å². The number of nitrogens with one attached hydrogen (secondary N) is 1. The van der Waals surface area contributed by atoms with Gasteiger partial charge in [0.2, 0.25) is 15.9 Å². The lowest BCUT2D eigenvalue weighted by Crippen LogP contribution is -2.36. The van der Waals surface area contributed by atoms with Crippen molar-refractivity contribution in [1.29, 1.82) is 0 Å². The van der Waals surface area contributed by atoms with Crippen molar-refractivity contribution in [1.82, 2.24) is 5.32 Å². The summed E-state index contributed by atoms with van der Waals surface area (Å²) in [5.74, 6) is -0.0589. The number of amides is 1. The molecule has 5 nitrogen and oxygen atoms in total. The number of hydrogen-bond acceptors (Lipinski definition) is 3. The van der Waals surface area contributed by atoms with Gasteiger partial charge in [0.25, 0.3) is 0 Å². The van der Waals surface area contributed by atoms with Crippen molar-refractivity contribution in [2.45, 2.75) is 43.0 Å². The molecular weight excluding hydrogens is 372 g/mol. The Labute approximate surface area is 158 Å². The van der Waals surface area contributed by atoms with Crippen molar-refractivity contribution in [2.75, 3.05) is 0 Å². The molecule has 0 heterocycles. The molecule has 3 N–H and O–H groups in total. The van der Waals surface area contributed by atoms with Crippen molar-refractivity contribution >= 4 is 27.5 Å². The van der Waals surface area contributed by atoms with Gasteiger partial charge >= 0.3 is 0 Å². The molecule has 1 atom stereocenters. The second-order valence-electron chi connectivity index (χ2n) is 6.85. The van der Waals surface area contributed by atoms with Crippen LogP contribution in [0.1, 0.15) is 42.5 Å². The van der Waals surface area contributed by atoms with Gasteiger partial charge in [-0.2, -0.15) is 0 Å². The zero-order chi connectivity index (χ0) is 19.1. The average Bonchev–Trinajstić information content (AvgIpc) is 3.36. The Hall–Kier alpha value is -1.89. The third-order valence-corrected chi connectivity index (χ3v) is 6.07. The quantitative estimate of drug-likeness (QED) is 0.818. The normalized spacial score (nSPS) is 16.8. The van der Waals surface area contributed by atoms with E-state index >= 15 is 0 Å². The monoisotopic (exact) mass is 392 g/mol. The number of primary sulfonamides is 1. The Morgan fingerprint density at radius 3 is 2.50 bits per heavy atom. The third kappa shape index (κ3) is 3.63. The van der Waals surface area contributed by atoms with Gasteiger partial charge < -0.3 is 5.32 Å². The highest BCUT2D eigenvalue weighted by molar-refractivity contribution is 7.89. The molecule has 0 radical (unpaired) electrons. The number of sulfonamides is 1. The second-order valence-corrected chi connectivity index (χ2v) is 8.85. The molecule has 1 aliphatic carbocycles. The topological polar surface area (TPSA) is 89.3 Å². The van der Waals surface area contributed by atoms with Gasteiger partial charge in [-0.3, -0.25) is 4.79 Å². The first-order valence-electron chi connectivity index (χ1n) is 8.34. The smallest absolute Gasteiger partial charge is 0.238 e. The number of carbonyl (C=O) groups is 1. The molecule has 2 aromatic carbocycles. The van der Waals surface area contributed by atoms with Gasteiger partial charge in [0, 0.05) is 5.02 Å². The van der Waals surface area contributed by atoms with E-state index in [2.05, 4.69) is 5.32 Å². The van der Waals surface area contributed by atoms with E-state index in [4.69, 9.17) is 16.7 Å². The maximum atomic E-state index is 12.9. The minimum absolute atomic E-state index is 0.0331. The van der Waals surface area contributed by atoms with E-state index in [1.54, 1.807) is 18.2 Å². The number of benzene rings is 2. The van der Waals surface area contributed by atoms with Crippen LogP contribution in [0.15, 0.2) is 47.4 Å². The van der Waals surface area contributed by atoms with Crippen LogP contribution in [0.3, 0.4) is 0 Å². The van der Waals surface area contributed by atoms with Crippen molar-refractivity contribution in [2.24, 2.45) is 5.14 Å². The van der Waals surface area contributed by atoms with E-state index in [1.807, 2.05) is 26.0 Å². The zero-order valence-corrected chi connectivity index (χ0v) is 16.2. The summed E-state index contributed by atoms with van der Waals surface area (Å²) in [6, 6.07) is 11.6. The Balaban J connectivity index is 1.82. The van der Waals surface area contributed by atoms with Crippen LogP contribution in [0.5, 0.6) is 0 Å². The summed E-state index contributed by atoms with van der Waals surface area (Å²) >= 11 is 6.02. The van der Waals surface area contributed by atoms with Gasteiger partial charge in [0.15, 0.2) is 0 Å². The van der Waals surface area contributed by atoms with Gasteiger partial charge in [-0.15, -0.1) is 0 Å². The summed E-state index contributed by atoms with van der Waals surface area (Å²) in [6.45, 7) is 3.78. The van der Waals surface area contributed by atoms with Gasteiger partial charge in [-0.1, -0.05) is 29.8 Å². The number of hydrogen-bond donors (Lipinski definition) is 2. The lowest BCUT2D eigenvalue weighted by Gasteiger charge is -2.22. The van der Waals surface area contributed by atoms with E-state index < -0.39 is 15.4 Å². The molecule has 0 saturated heterocycles. The number of carbonyl (C=O) groups excluding carboxylic acids is 1. The molecule has 1 saturated carbocycles. The first kappa shape index (κ1) is 18.9. The summed E-state index contributed by atoms with van der Waals surface area (Å²) in [7, 11) is -3.78. The fourth-order valence-electron chi connectivity index (χ4n) is 3.29. The molecule has 0 spiro atoms. The molecule has 26 heavy (non-hydrogen) atoms. The molecule has 0 bridgehead atoms. The molecule has 1 unspecified atom stereocenters. The average molecular weight is 393 g/mol.